The lowest BCUT2D eigenvalue weighted by Gasteiger charge is -2.22. The highest BCUT2D eigenvalue weighted by Gasteiger charge is 2.50. The van der Waals surface area contributed by atoms with E-state index in [4.69, 9.17) is 16.3 Å². The lowest BCUT2D eigenvalue weighted by Crippen LogP contribution is -2.31. The summed E-state index contributed by atoms with van der Waals surface area (Å²) in [6.45, 7) is 3.27. The zero-order valence-electron chi connectivity index (χ0n) is 18.5. The lowest BCUT2D eigenvalue weighted by molar-refractivity contribution is -0.123. The molecule has 1 heterocycles. The predicted molar refractivity (Wildman–Crippen MR) is 132 cm³/mol. The summed E-state index contributed by atoms with van der Waals surface area (Å²) in [7, 11) is 0. The van der Waals surface area contributed by atoms with Gasteiger partial charge in [-0.3, -0.25) is 19.3 Å². The Morgan fingerprint density at radius 1 is 1.18 bits per heavy atom. The highest BCUT2D eigenvalue weighted by atomic mass is 79.9. The molecule has 0 spiro atoms. The summed E-state index contributed by atoms with van der Waals surface area (Å²) in [5, 5.41) is 3.10. The van der Waals surface area contributed by atoms with Crippen LogP contribution in [-0.2, 0) is 19.1 Å². The number of anilines is 2. The summed E-state index contributed by atoms with van der Waals surface area (Å²) in [5.41, 5.74) is 1.92. The third-order valence-electron chi connectivity index (χ3n) is 6.11. The molecule has 3 amide bonds. The Labute approximate surface area is 210 Å². The number of imide groups is 1. The molecule has 0 unspecified atom stereocenters. The molecule has 1 N–H and O–H groups in total. The van der Waals surface area contributed by atoms with Crippen molar-refractivity contribution >= 4 is 62.6 Å². The number of esters is 1. The first-order valence-electron chi connectivity index (χ1n) is 10.7. The fourth-order valence-corrected chi connectivity index (χ4v) is 4.95. The van der Waals surface area contributed by atoms with Crippen molar-refractivity contribution in [2.24, 2.45) is 17.8 Å². The Balaban J connectivity index is 1.37. The molecule has 0 saturated carbocycles. The molecule has 7 nitrogen and oxygen atoms in total. The minimum Gasteiger partial charge on any atom is -0.452 e. The molecular weight excluding hydrogens is 524 g/mol. The van der Waals surface area contributed by atoms with Gasteiger partial charge < -0.3 is 10.1 Å². The summed E-state index contributed by atoms with van der Waals surface area (Å²) < 4.78 is 5.82. The van der Waals surface area contributed by atoms with Crippen LogP contribution in [0.3, 0.4) is 0 Å². The molecule has 176 valence electrons. The van der Waals surface area contributed by atoms with Gasteiger partial charge >= 0.3 is 5.97 Å². The van der Waals surface area contributed by atoms with Crippen LogP contribution in [0.4, 0.5) is 11.4 Å². The molecule has 1 fully saturated rings. The van der Waals surface area contributed by atoms with E-state index in [1.165, 1.54) is 29.2 Å². The van der Waals surface area contributed by atoms with Gasteiger partial charge in [0.2, 0.25) is 11.8 Å². The summed E-state index contributed by atoms with van der Waals surface area (Å²) in [6.07, 6.45) is 4.47. The van der Waals surface area contributed by atoms with Crippen molar-refractivity contribution in [3.8, 4) is 0 Å². The van der Waals surface area contributed by atoms with Gasteiger partial charge in [0.15, 0.2) is 6.61 Å². The molecule has 4 rings (SSSR count). The Hall–Kier alpha value is -2.97. The fraction of sp³-hybridized carbons (Fsp3) is 0.280. The number of carbonyl (C=O) groups is 4. The molecule has 0 radical (unpaired) electrons. The molecule has 1 aliphatic carbocycles. The highest BCUT2D eigenvalue weighted by molar-refractivity contribution is 9.10. The highest BCUT2D eigenvalue weighted by Crippen LogP contribution is 2.40. The number of nitrogens with zero attached hydrogens (tertiary/aromatic N) is 1. The molecule has 1 aliphatic heterocycles. The van der Waals surface area contributed by atoms with E-state index in [0.717, 1.165) is 5.56 Å². The molecule has 3 atom stereocenters. The van der Waals surface area contributed by atoms with Crippen molar-refractivity contribution in [3.05, 3.63) is 69.2 Å². The van der Waals surface area contributed by atoms with Gasteiger partial charge in [-0.15, -0.1) is 0 Å². The van der Waals surface area contributed by atoms with Crippen LogP contribution in [0.2, 0.25) is 5.02 Å². The molecule has 0 bridgehead atoms. The molecule has 2 aromatic carbocycles. The SMILES string of the molecule is Cc1cc(Br)c(Cl)cc1NC(=O)COC(=O)c1ccc(N2C(=O)[C@H]3[C@H](C)C=CC[C@H]3C2=O)cc1. The van der Waals surface area contributed by atoms with Gasteiger partial charge in [-0.1, -0.05) is 30.7 Å². The second-order valence-electron chi connectivity index (χ2n) is 8.42. The standard InChI is InChI=1S/C25H22BrClN2O5/c1-13-4-3-5-17-22(13)24(32)29(23(17)31)16-8-6-15(7-9-16)25(33)34-12-21(30)28-20-11-19(27)18(26)10-14(20)2/h3-4,6-11,13,17,22H,5,12H2,1-2H3,(H,28,30)/t13-,17-,22+/m1/s1. The van der Waals surface area contributed by atoms with Gasteiger partial charge in [0.25, 0.3) is 5.91 Å². The summed E-state index contributed by atoms with van der Waals surface area (Å²) in [5.74, 6) is -2.35. The third-order valence-corrected chi connectivity index (χ3v) is 7.31. The predicted octanol–water partition coefficient (Wildman–Crippen LogP) is 4.91. The third kappa shape index (κ3) is 4.65. The fourth-order valence-electron chi connectivity index (χ4n) is 4.33. The summed E-state index contributed by atoms with van der Waals surface area (Å²) >= 11 is 9.38. The zero-order chi connectivity index (χ0) is 24.6. The van der Waals surface area contributed by atoms with Crippen LogP contribution >= 0.6 is 27.5 Å². The number of allylic oxidation sites excluding steroid dienone is 2. The van der Waals surface area contributed by atoms with Gasteiger partial charge in [0.05, 0.1) is 28.1 Å². The van der Waals surface area contributed by atoms with Crippen LogP contribution < -0.4 is 10.2 Å². The molecule has 9 heteroatoms. The number of rotatable bonds is 5. The van der Waals surface area contributed by atoms with Gasteiger partial charge in [0.1, 0.15) is 0 Å². The van der Waals surface area contributed by atoms with E-state index in [0.29, 0.717) is 27.3 Å². The van der Waals surface area contributed by atoms with E-state index in [1.54, 1.807) is 12.1 Å². The lowest BCUT2D eigenvalue weighted by atomic mass is 9.78. The average molecular weight is 546 g/mol. The number of nitrogens with one attached hydrogen (secondary N) is 1. The Morgan fingerprint density at radius 3 is 2.56 bits per heavy atom. The van der Waals surface area contributed by atoms with E-state index >= 15 is 0 Å². The zero-order valence-corrected chi connectivity index (χ0v) is 20.9. The topological polar surface area (TPSA) is 92.8 Å². The molecule has 2 aliphatic rings. The minimum absolute atomic E-state index is 0.00202. The Bertz CT molecular complexity index is 1210. The maximum Gasteiger partial charge on any atom is 0.338 e. The number of aryl methyl sites for hydroxylation is 1. The van der Waals surface area contributed by atoms with Crippen LogP contribution in [0.25, 0.3) is 0 Å². The quantitative estimate of drug-likeness (QED) is 0.327. The van der Waals surface area contributed by atoms with Crippen molar-refractivity contribution < 1.29 is 23.9 Å². The van der Waals surface area contributed by atoms with E-state index in [-0.39, 0.29) is 35.1 Å². The van der Waals surface area contributed by atoms with Crippen molar-refractivity contribution in [1.29, 1.82) is 0 Å². The van der Waals surface area contributed by atoms with Crippen molar-refractivity contribution in [3.63, 3.8) is 0 Å². The van der Waals surface area contributed by atoms with Gasteiger partial charge in [0, 0.05) is 10.2 Å². The van der Waals surface area contributed by atoms with Crippen molar-refractivity contribution in [2.75, 3.05) is 16.8 Å². The number of fused-ring (bicyclic) bond motifs is 1. The van der Waals surface area contributed by atoms with Gasteiger partial charge in [-0.05, 0) is 77.2 Å². The van der Waals surface area contributed by atoms with Crippen molar-refractivity contribution in [2.45, 2.75) is 20.3 Å². The summed E-state index contributed by atoms with van der Waals surface area (Å²) in [4.78, 5) is 51.5. The maximum atomic E-state index is 12.9. The number of amides is 3. The summed E-state index contributed by atoms with van der Waals surface area (Å²) in [6, 6.07) is 9.39. The second-order valence-corrected chi connectivity index (χ2v) is 9.68. The van der Waals surface area contributed by atoms with Crippen molar-refractivity contribution in [1.82, 2.24) is 0 Å². The maximum absolute atomic E-state index is 12.9. The second kappa shape index (κ2) is 9.72. The van der Waals surface area contributed by atoms with E-state index < -0.39 is 18.5 Å². The largest absolute Gasteiger partial charge is 0.452 e. The van der Waals surface area contributed by atoms with E-state index in [1.807, 2.05) is 26.0 Å². The first kappa shape index (κ1) is 24.2. The molecule has 0 aromatic heterocycles. The number of carbonyl (C=O) groups excluding carboxylic acids is 4. The van der Waals surface area contributed by atoms with Crippen LogP contribution in [0.1, 0.15) is 29.3 Å². The average Bonchev–Trinajstić information content (AvgIpc) is 3.07. The molecule has 34 heavy (non-hydrogen) atoms. The first-order chi connectivity index (χ1) is 16.2. The number of hydrogen-bond donors (Lipinski definition) is 1. The van der Waals surface area contributed by atoms with Gasteiger partial charge in [-0.2, -0.15) is 0 Å². The smallest absolute Gasteiger partial charge is 0.338 e. The molecule has 1 saturated heterocycles. The van der Waals surface area contributed by atoms with Crippen LogP contribution in [0.15, 0.2) is 53.0 Å². The van der Waals surface area contributed by atoms with Crippen LogP contribution in [-0.4, -0.2) is 30.3 Å². The number of hydrogen-bond acceptors (Lipinski definition) is 5. The first-order valence-corrected chi connectivity index (χ1v) is 11.9. The monoisotopic (exact) mass is 544 g/mol. The molecule has 2 aromatic rings. The number of benzene rings is 2. The van der Waals surface area contributed by atoms with E-state index in [9.17, 15) is 19.2 Å². The number of ether oxygens (including phenoxy) is 1. The van der Waals surface area contributed by atoms with E-state index in [2.05, 4.69) is 21.2 Å². The normalized spacial score (nSPS) is 21.4. The van der Waals surface area contributed by atoms with Gasteiger partial charge in [-0.25, -0.2) is 4.79 Å². The van der Waals surface area contributed by atoms with Crippen LogP contribution in [0.5, 0.6) is 0 Å². The number of halogens is 2. The Kier molecular flexibility index (Phi) is 6.91. The Morgan fingerprint density at radius 2 is 1.88 bits per heavy atom. The van der Waals surface area contributed by atoms with Crippen LogP contribution in [0, 0.1) is 24.7 Å². The molecular formula is C25H22BrClN2O5. The minimum atomic E-state index is -0.696.